The Labute approximate surface area is 215 Å². The predicted octanol–water partition coefficient (Wildman–Crippen LogP) is 4.04. The summed E-state index contributed by atoms with van der Waals surface area (Å²) in [5, 5.41) is 13.5. The van der Waals surface area contributed by atoms with Gasteiger partial charge in [-0.2, -0.15) is 0 Å². The van der Waals surface area contributed by atoms with Crippen LogP contribution in [0.4, 0.5) is 0 Å². The number of hydrogen-bond donors (Lipinski definition) is 1. The molecule has 0 radical (unpaired) electrons. The third kappa shape index (κ3) is 4.40. The van der Waals surface area contributed by atoms with E-state index in [0.717, 1.165) is 42.3 Å². The van der Waals surface area contributed by atoms with Crippen LogP contribution in [0.5, 0.6) is 5.75 Å². The summed E-state index contributed by atoms with van der Waals surface area (Å²) in [6, 6.07) is 20.8. The van der Waals surface area contributed by atoms with Crippen LogP contribution in [0.1, 0.15) is 28.8 Å². The molecule has 1 N–H and O–H groups in total. The minimum Gasteiger partial charge on any atom is -0.506 e. The molecule has 2 saturated heterocycles. The number of carbonyl (C=O) groups excluding carboxylic acids is 2. The smallest absolute Gasteiger partial charge is 0.258 e. The fraction of sp³-hybridized carbons (Fsp3) is 0.300. The van der Waals surface area contributed by atoms with Gasteiger partial charge in [0.2, 0.25) is 5.91 Å². The molecule has 7 nitrogen and oxygen atoms in total. The molecule has 3 aromatic carbocycles. The highest BCUT2D eigenvalue weighted by molar-refractivity contribution is 6.05. The molecule has 0 aliphatic carbocycles. The highest BCUT2D eigenvalue weighted by Crippen LogP contribution is 2.32. The van der Waals surface area contributed by atoms with Crippen molar-refractivity contribution >= 4 is 33.5 Å². The number of hydrogen-bond acceptors (Lipinski definition) is 5. The second-order valence-electron chi connectivity index (χ2n) is 9.93. The molecule has 1 aromatic heterocycles. The number of likely N-dealkylation sites (tertiary alicyclic amines) is 1. The lowest BCUT2D eigenvalue weighted by Gasteiger charge is -2.37. The topological polar surface area (TPSA) is 77.0 Å². The first-order valence-corrected chi connectivity index (χ1v) is 13.0. The van der Waals surface area contributed by atoms with Crippen molar-refractivity contribution in [3.8, 4) is 5.75 Å². The maximum Gasteiger partial charge on any atom is 0.258 e. The number of nitrogens with zero attached hydrogens (tertiary/aromatic N) is 4. The quantitative estimate of drug-likeness (QED) is 0.463. The van der Waals surface area contributed by atoms with E-state index in [1.807, 2.05) is 47.5 Å². The Morgan fingerprint density at radius 2 is 1.65 bits per heavy atom. The van der Waals surface area contributed by atoms with Gasteiger partial charge in [-0.05, 0) is 35.9 Å². The van der Waals surface area contributed by atoms with Crippen molar-refractivity contribution in [2.75, 3.05) is 32.7 Å². The van der Waals surface area contributed by atoms with Crippen molar-refractivity contribution in [3.05, 3.63) is 84.1 Å². The highest BCUT2D eigenvalue weighted by Gasteiger charge is 2.38. The minimum absolute atomic E-state index is 0.0117. The number of piperazine rings is 1. The Hall–Kier alpha value is -3.97. The number of fused-ring (bicyclic) bond motifs is 2. The van der Waals surface area contributed by atoms with Crippen LogP contribution >= 0.6 is 0 Å². The summed E-state index contributed by atoms with van der Waals surface area (Å²) >= 11 is 0. The number of phenolic OH excluding ortho intramolecular Hbond substituents is 1. The van der Waals surface area contributed by atoms with Gasteiger partial charge in [0.25, 0.3) is 5.91 Å². The molecule has 2 amide bonds. The maximum atomic E-state index is 13.5. The van der Waals surface area contributed by atoms with Crippen LogP contribution in [-0.4, -0.2) is 75.4 Å². The molecule has 37 heavy (non-hydrogen) atoms. The number of rotatable bonds is 4. The van der Waals surface area contributed by atoms with Crippen molar-refractivity contribution < 1.29 is 14.7 Å². The molecular formula is C30H30N4O3. The van der Waals surface area contributed by atoms with E-state index in [4.69, 9.17) is 0 Å². The van der Waals surface area contributed by atoms with E-state index in [-0.39, 0.29) is 23.1 Å². The van der Waals surface area contributed by atoms with Crippen LogP contribution in [0.15, 0.2) is 72.9 Å². The summed E-state index contributed by atoms with van der Waals surface area (Å²) in [4.78, 5) is 37.5. The van der Waals surface area contributed by atoms with E-state index in [0.29, 0.717) is 31.4 Å². The van der Waals surface area contributed by atoms with Gasteiger partial charge in [0.05, 0.1) is 11.1 Å². The summed E-state index contributed by atoms with van der Waals surface area (Å²) in [6.07, 6.45) is 3.26. The summed E-state index contributed by atoms with van der Waals surface area (Å²) in [6.45, 7) is 4.15. The number of amides is 2. The zero-order valence-electron chi connectivity index (χ0n) is 20.7. The zero-order valence-corrected chi connectivity index (χ0v) is 20.7. The summed E-state index contributed by atoms with van der Waals surface area (Å²) in [5.41, 5.74) is 2.48. The molecule has 2 aliphatic rings. The standard InChI is InChI=1S/C30H30N4O3/c35-28-24-10-2-1-6-21(24)12-13-25(28)29(36)34-15-5-11-26(34)30(37)33-18-16-32(17-19-33)20-23-8-3-7-22-9-4-14-31-27(22)23/h1-4,6-10,12-14,26,35H,5,11,15-20H2. The molecular weight excluding hydrogens is 464 g/mol. The second kappa shape index (κ2) is 9.82. The first-order valence-electron chi connectivity index (χ1n) is 13.0. The maximum absolute atomic E-state index is 13.5. The lowest BCUT2D eigenvalue weighted by atomic mass is 10.0. The molecule has 1 unspecified atom stereocenters. The monoisotopic (exact) mass is 494 g/mol. The second-order valence-corrected chi connectivity index (χ2v) is 9.93. The molecule has 1 atom stereocenters. The average Bonchev–Trinajstić information content (AvgIpc) is 3.43. The van der Waals surface area contributed by atoms with Gasteiger partial charge in [0.15, 0.2) is 0 Å². The Kier molecular flexibility index (Phi) is 6.22. The van der Waals surface area contributed by atoms with Crippen LogP contribution in [0, 0.1) is 0 Å². The molecule has 2 fully saturated rings. The van der Waals surface area contributed by atoms with Gasteiger partial charge in [-0.25, -0.2) is 0 Å². The third-order valence-corrected chi connectivity index (χ3v) is 7.72. The predicted molar refractivity (Wildman–Crippen MR) is 143 cm³/mol. The van der Waals surface area contributed by atoms with E-state index < -0.39 is 6.04 Å². The van der Waals surface area contributed by atoms with Crippen LogP contribution in [0.25, 0.3) is 21.7 Å². The fourth-order valence-electron chi connectivity index (χ4n) is 5.72. The number of benzene rings is 3. The number of para-hydroxylation sites is 1. The van der Waals surface area contributed by atoms with Gasteiger partial charge in [-0.15, -0.1) is 0 Å². The number of pyridine rings is 1. The van der Waals surface area contributed by atoms with Crippen LogP contribution < -0.4 is 0 Å². The van der Waals surface area contributed by atoms with Crippen molar-refractivity contribution in [2.45, 2.75) is 25.4 Å². The molecule has 7 heteroatoms. The van der Waals surface area contributed by atoms with Crippen LogP contribution in [-0.2, 0) is 11.3 Å². The lowest BCUT2D eigenvalue weighted by molar-refractivity contribution is -0.137. The van der Waals surface area contributed by atoms with Crippen LogP contribution in [0.3, 0.4) is 0 Å². The van der Waals surface area contributed by atoms with Gasteiger partial charge in [-0.3, -0.25) is 19.5 Å². The summed E-state index contributed by atoms with van der Waals surface area (Å²) < 4.78 is 0. The van der Waals surface area contributed by atoms with Gasteiger partial charge >= 0.3 is 0 Å². The Morgan fingerprint density at radius 1 is 0.865 bits per heavy atom. The van der Waals surface area contributed by atoms with Crippen molar-refractivity contribution in [1.29, 1.82) is 0 Å². The minimum atomic E-state index is -0.479. The van der Waals surface area contributed by atoms with Crippen molar-refractivity contribution in [3.63, 3.8) is 0 Å². The van der Waals surface area contributed by atoms with E-state index in [2.05, 4.69) is 34.1 Å². The van der Waals surface area contributed by atoms with E-state index in [1.165, 1.54) is 5.56 Å². The normalized spacial score (nSPS) is 18.5. The largest absolute Gasteiger partial charge is 0.506 e. The SMILES string of the molecule is O=C(C1CCCN1C(=O)c1ccc2ccccc2c1O)N1CCN(Cc2cccc3cccnc23)CC1. The number of carbonyl (C=O) groups is 2. The van der Waals surface area contributed by atoms with Gasteiger partial charge in [0, 0.05) is 56.2 Å². The fourth-order valence-corrected chi connectivity index (χ4v) is 5.72. The van der Waals surface area contributed by atoms with Crippen molar-refractivity contribution in [1.82, 2.24) is 19.7 Å². The number of aromatic hydroxyl groups is 1. The molecule has 2 aliphatic heterocycles. The van der Waals surface area contributed by atoms with Crippen molar-refractivity contribution in [2.24, 2.45) is 0 Å². The first-order chi connectivity index (χ1) is 18.1. The molecule has 6 rings (SSSR count). The highest BCUT2D eigenvalue weighted by atomic mass is 16.3. The first kappa shape index (κ1) is 23.4. The third-order valence-electron chi connectivity index (χ3n) is 7.72. The van der Waals surface area contributed by atoms with Gasteiger partial charge in [-0.1, -0.05) is 54.6 Å². The summed E-state index contributed by atoms with van der Waals surface area (Å²) in [7, 11) is 0. The Bertz CT molecular complexity index is 1470. The molecule has 0 saturated carbocycles. The molecule has 0 spiro atoms. The Morgan fingerprint density at radius 3 is 2.51 bits per heavy atom. The van der Waals surface area contributed by atoms with Gasteiger partial charge in [0.1, 0.15) is 11.8 Å². The Balaban J connectivity index is 1.12. The lowest BCUT2D eigenvalue weighted by Crippen LogP contribution is -2.54. The van der Waals surface area contributed by atoms with E-state index in [9.17, 15) is 14.7 Å². The number of aromatic nitrogens is 1. The molecule has 0 bridgehead atoms. The van der Waals surface area contributed by atoms with Crippen LogP contribution in [0.2, 0.25) is 0 Å². The molecule has 188 valence electrons. The van der Waals surface area contributed by atoms with E-state index in [1.54, 1.807) is 11.0 Å². The molecule has 4 aromatic rings. The number of phenols is 1. The van der Waals surface area contributed by atoms with E-state index >= 15 is 0 Å². The van der Waals surface area contributed by atoms with Gasteiger partial charge < -0.3 is 14.9 Å². The molecule has 3 heterocycles. The summed E-state index contributed by atoms with van der Waals surface area (Å²) in [5.74, 6) is -0.281. The average molecular weight is 495 g/mol. The zero-order chi connectivity index (χ0) is 25.4.